The van der Waals surface area contributed by atoms with Gasteiger partial charge in [0.1, 0.15) is 36.8 Å². The van der Waals surface area contributed by atoms with Gasteiger partial charge in [-0.3, -0.25) is 28.0 Å². The molecule has 0 aromatic heterocycles. The van der Waals surface area contributed by atoms with Gasteiger partial charge in [0.25, 0.3) is 0 Å². The van der Waals surface area contributed by atoms with Crippen molar-refractivity contribution in [1.29, 1.82) is 0 Å². The highest BCUT2D eigenvalue weighted by atomic mass is 31.2. The van der Waals surface area contributed by atoms with Crippen LogP contribution in [0.2, 0.25) is 0 Å². The van der Waals surface area contributed by atoms with E-state index in [0.717, 1.165) is 82.8 Å². The molecular weight excluding hydrogens is 978 g/mol. The summed E-state index contributed by atoms with van der Waals surface area (Å²) in [4.78, 5) is 70.6. The third-order valence-corrected chi connectivity index (χ3v) is 13.6. The largest absolute Gasteiger partial charge is 0.472 e. The van der Waals surface area contributed by atoms with Crippen molar-refractivity contribution < 1.29 is 91.9 Å². The quantitative estimate of drug-likeness (QED) is 0.0193. The fraction of sp³-hybridized carbons (Fsp3) is 0.706. The number of cyclic esters (lactones) is 1. The lowest BCUT2D eigenvalue weighted by Gasteiger charge is -2.38. The molecule has 0 saturated heterocycles. The number of rotatable bonds is 25. The Balaban J connectivity index is 2.25. The standard InChI is InChI=1S/C51H84O19P2/c1-3-5-7-8-9-10-11-12-13-14-15-16-17-18-19-20-21-22-28-32-45(56)68-39-36-66-44(55)31-27-24-23-26-30-40-42(53)35-43(54)41(34-33-38(52)29-25-6-4-2)47(58)50(69-71(61,62)63)51(49(60)48(59)46(40)57)70-72(64,65)67-37-39/h5,7,9-10,12-13,15-16,23,26,33-34,38-41,43,46-52,54,57-60H,3-4,6,8,11,14,17-22,24-25,27-32,35-37H2,1-2H3,(H,64,65)(H2,61,62,63)/b7-5-,10-9-,13-12-,16-15-,26-23?,34-33+/t38-,39+,40-,41-,43+,46+,47+,48-,49+,50+,51-/m0/s1. The maximum Gasteiger partial charge on any atom is 0.472 e. The molecule has 12 atom stereocenters. The highest BCUT2D eigenvalue weighted by Gasteiger charge is 2.51. The highest BCUT2D eigenvalue weighted by Crippen LogP contribution is 2.49. The molecule has 2 aliphatic rings. The minimum Gasteiger partial charge on any atom is -0.462 e. The molecule has 0 aromatic carbocycles. The molecule has 1 unspecified atom stereocenters. The van der Waals surface area contributed by atoms with Gasteiger partial charge < -0.3 is 54.8 Å². The zero-order valence-electron chi connectivity index (χ0n) is 42.0. The molecular formula is C51H84O19P2. The van der Waals surface area contributed by atoms with Crippen molar-refractivity contribution in [3.63, 3.8) is 0 Å². The molecule has 1 aliphatic heterocycles. The van der Waals surface area contributed by atoms with Crippen LogP contribution in [0, 0.1) is 11.8 Å². The minimum absolute atomic E-state index is 0.0550. The molecule has 2 bridgehead atoms. The van der Waals surface area contributed by atoms with Crippen molar-refractivity contribution in [1.82, 2.24) is 0 Å². The number of Topliss-reactive ketones (excluding diaryl/α,β-unsaturated/α-hetero) is 1. The second-order valence-corrected chi connectivity index (χ2v) is 20.9. The maximum atomic E-state index is 13.8. The van der Waals surface area contributed by atoms with Crippen molar-refractivity contribution in [2.45, 2.75) is 204 Å². The number of ether oxygens (including phenoxy) is 2. The highest BCUT2D eigenvalue weighted by molar-refractivity contribution is 7.47. The van der Waals surface area contributed by atoms with Gasteiger partial charge >= 0.3 is 27.6 Å². The Labute approximate surface area is 425 Å². The summed E-state index contributed by atoms with van der Waals surface area (Å²) in [6.07, 6.45) is 14.0. The van der Waals surface area contributed by atoms with Gasteiger partial charge in [-0.05, 0) is 70.6 Å². The summed E-state index contributed by atoms with van der Waals surface area (Å²) in [5, 5.41) is 68.3. The predicted molar refractivity (Wildman–Crippen MR) is 270 cm³/mol. The first-order valence-electron chi connectivity index (χ1n) is 25.6. The van der Waals surface area contributed by atoms with Crippen LogP contribution >= 0.6 is 15.6 Å². The number of allylic oxidation sites excluding steroid dienone is 10. The number of unbranched alkanes of at least 4 members (excludes halogenated alkanes) is 8. The maximum absolute atomic E-state index is 13.8. The van der Waals surface area contributed by atoms with E-state index in [2.05, 4.69) is 55.5 Å². The van der Waals surface area contributed by atoms with Crippen LogP contribution < -0.4 is 0 Å². The Bertz CT molecular complexity index is 1830. The van der Waals surface area contributed by atoms with Crippen LogP contribution in [0.25, 0.3) is 0 Å². The average molecular weight is 1060 g/mol. The van der Waals surface area contributed by atoms with Gasteiger partial charge in [0.05, 0.1) is 31.0 Å². The molecule has 1 heterocycles. The van der Waals surface area contributed by atoms with Crippen molar-refractivity contribution in [2.24, 2.45) is 11.8 Å². The van der Waals surface area contributed by atoms with Crippen LogP contribution in [-0.4, -0.2) is 131 Å². The number of fused-ring (bicyclic) bond motifs is 4. The van der Waals surface area contributed by atoms with Crippen LogP contribution in [-0.2, 0) is 46.6 Å². The lowest BCUT2D eigenvalue weighted by Crippen LogP contribution is -2.56. The van der Waals surface area contributed by atoms with E-state index in [0.29, 0.717) is 19.3 Å². The number of phosphoric acid groups is 2. The van der Waals surface area contributed by atoms with Crippen LogP contribution in [0.5, 0.6) is 0 Å². The smallest absolute Gasteiger partial charge is 0.462 e. The number of carbonyl (C=O) groups is 3. The Morgan fingerprint density at radius 1 is 0.819 bits per heavy atom. The molecule has 0 aromatic rings. The van der Waals surface area contributed by atoms with Gasteiger partial charge in [0.15, 0.2) is 6.10 Å². The number of aliphatic hydroxyl groups is 6. The van der Waals surface area contributed by atoms with Crippen LogP contribution in [0.15, 0.2) is 72.9 Å². The average Bonchev–Trinajstić information content (AvgIpc) is 3.32. The molecule has 412 valence electrons. The molecule has 1 saturated carbocycles. The number of carbonyl (C=O) groups excluding carboxylic acids is 3. The van der Waals surface area contributed by atoms with E-state index < -0.39 is 120 Å². The molecule has 0 spiro atoms. The second-order valence-electron chi connectivity index (χ2n) is 18.3. The SMILES string of the molecule is CC/C=C\C/C=C\C/C=C\C/C=C\CCCCCCCCC(=O)O[C@@H]1COC(=O)CCCC=CC[C@H]2C(=O)C[C@@H](O)[C@H](/C=C/[C@@H](O)CCCCC)[C@@H](O)[C@@H](OP(=O)(O)O)[C@@H](OP(=O)(O)OC1)[C@H](O)[C@@H](O)[C@@H]2O. The third-order valence-electron chi connectivity index (χ3n) is 12.1. The summed E-state index contributed by atoms with van der Waals surface area (Å²) >= 11 is 0. The van der Waals surface area contributed by atoms with Gasteiger partial charge in [0, 0.05) is 31.1 Å². The summed E-state index contributed by atoms with van der Waals surface area (Å²) in [6, 6.07) is 0. The molecule has 19 nitrogen and oxygen atoms in total. The first kappa shape index (κ1) is 65.1. The van der Waals surface area contributed by atoms with Gasteiger partial charge in [-0.25, -0.2) is 9.13 Å². The number of aliphatic hydroxyl groups excluding tert-OH is 6. The van der Waals surface area contributed by atoms with E-state index >= 15 is 0 Å². The Morgan fingerprint density at radius 2 is 1.46 bits per heavy atom. The summed E-state index contributed by atoms with van der Waals surface area (Å²) in [6.45, 7) is 2.42. The zero-order chi connectivity index (χ0) is 53.4. The number of ketones is 1. The van der Waals surface area contributed by atoms with Gasteiger partial charge in [0.2, 0.25) is 0 Å². The molecule has 72 heavy (non-hydrogen) atoms. The molecule has 0 radical (unpaired) electrons. The number of hydrogen-bond acceptors (Lipinski definition) is 16. The van der Waals surface area contributed by atoms with E-state index in [1.807, 2.05) is 6.92 Å². The Hall–Kier alpha value is -2.97. The molecule has 2 rings (SSSR count). The second kappa shape index (κ2) is 36.9. The predicted octanol–water partition coefficient (Wildman–Crippen LogP) is 6.98. The van der Waals surface area contributed by atoms with Crippen LogP contribution in [0.1, 0.15) is 149 Å². The number of hydrogen-bond donors (Lipinski definition) is 9. The number of phosphoric ester groups is 2. The lowest BCUT2D eigenvalue weighted by atomic mass is 9.84. The summed E-state index contributed by atoms with van der Waals surface area (Å²) < 4.78 is 52.2. The first-order valence-corrected chi connectivity index (χ1v) is 28.6. The van der Waals surface area contributed by atoms with Crippen LogP contribution in [0.3, 0.4) is 0 Å². The summed E-state index contributed by atoms with van der Waals surface area (Å²) in [5.41, 5.74) is 0. The van der Waals surface area contributed by atoms with Crippen molar-refractivity contribution in [3.05, 3.63) is 72.9 Å². The van der Waals surface area contributed by atoms with Crippen molar-refractivity contribution >= 4 is 33.4 Å². The van der Waals surface area contributed by atoms with E-state index in [-0.39, 0.29) is 38.5 Å². The fourth-order valence-corrected chi connectivity index (χ4v) is 9.60. The third kappa shape index (κ3) is 28.1. The topological polar surface area (TPSA) is 314 Å². The monoisotopic (exact) mass is 1060 g/mol. The molecule has 21 heteroatoms. The fourth-order valence-electron chi connectivity index (χ4n) is 8.07. The number of esters is 2. The van der Waals surface area contributed by atoms with Gasteiger partial charge in [-0.15, -0.1) is 0 Å². The first-order chi connectivity index (χ1) is 34.3. The molecule has 0 amide bonds. The minimum atomic E-state index is -5.79. The van der Waals surface area contributed by atoms with E-state index in [9.17, 15) is 68.8 Å². The van der Waals surface area contributed by atoms with E-state index in [1.54, 1.807) is 6.08 Å². The summed E-state index contributed by atoms with van der Waals surface area (Å²) in [5.74, 6) is -5.72. The van der Waals surface area contributed by atoms with E-state index in [1.165, 1.54) is 6.08 Å². The molecule has 1 aliphatic carbocycles. The molecule has 1 fully saturated rings. The lowest BCUT2D eigenvalue weighted by molar-refractivity contribution is -0.164. The van der Waals surface area contributed by atoms with Crippen molar-refractivity contribution in [3.8, 4) is 0 Å². The molecule has 9 N–H and O–H groups in total. The van der Waals surface area contributed by atoms with E-state index in [4.69, 9.17) is 23.0 Å². The van der Waals surface area contributed by atoms with Gasteiger partial charge in [-0.1, -0.05) is 132 Å². The Morgan fingerprint density at radius 3 is 2.11 bits per heavy atom. The van der Waals surface area contributed by atoms with Gasteiger partial charge in [-0.2, -0.15) is 0 Å². The zero-order valence-corrected chi connectivity index (χ0v) is 43.8. The van der Waals surface area contributed by atoms with Crippen molar-refractivity contribution in [2.75, 3.05) is 13.2 Å². The normalized spacial score (nSPS) is 29.8. The van der Waals surface area contributed by atoms with Crippen LogP contribution in [0.4, 0.5) is 0 Å². The Kier molecular flexibility index (Phi) is 33.4. The summed E-state index contributed by atoms with van der Waals surface area (Å²) in [7, 11) is -11.5.